The third-order valence-electron chi connectivity index (χ3n) is 2.20. The molecule has 17 heavy (non-hydrogen) atoms. The highest BCUT2D eigenvalue weighted by molar-refractivity contribution is 5.35. The van der Waals surface area contributed by atoms with Crippen LogP contribution < -0.4 is 0 Å². The minimum Gasteiger partial charge on any atom is -0.384 e. The van der Waals surface area contributed by atoms with Crippen LogP contribution in [-0.4, -0.2) is 31.5 Å². The van der Waals surface area contributed by atoms with Gasteiger partial charge in [-0.2, -0.15) is 0 Å². The lowest BCUT2D eigenvalue weighted by Gasteiger charge is -2.11. The molecule has 1 aromatic carbocycles. The number of rotatable bonds is 5. The average Bonchev–Trinajstić information content (AvgIpc) is 2.35. The van der Waals surface area contributed by atoms with Gasteiger partial charge in [-0.1, -0.05) is 24.0 Å². The highest BCUT2D eigenvalue weighted by Gasteiger charge is 2.01. The second-order valence-corrected chi connectivity index (χ2v) is 3.73. The normalized spacial score (nSPS) is 11.7. The van der Waals surface area contributed by atoms with E-state index in [0.29, 0.717) is 13.2 Å². The summed E-state index contributed by atoms with van der Waals surface area (Å²) >= 11 is 0. The number of hydrogen-bond acceptors (Lipinski definition) is 3. The van der Waals surface area contributed by atoms with Crippen molar-refractivity contribution in [3.8, 4) is 11.8 Å². The van der Waals surface area contributed by atoms with Gasteiger partial charge in [-0.3, -0.25) is 0 Å². The van der Waals surface area contributed by atoms with Gasteiger partial charge in [0.1, 0.15) is 6.61 Å². The maximum Gasteiger partial charge on any atom is 0.104 e. The number of benzene rings is 1. The first-order chi connectivity index (χ1) is 8.26. The molecule has 1 aromatic rings. The van der Waals surface area contributed by atoms with Crippen molar-refractivity contribution in [2.75, 3.05) is 20.3 Å². The van der Waals surface area contributed by atoms with Gasteiger partial charge in [-0.25, -0.2) is 0 Å². The van der Waals surface area contributed by atoms with Gasteiger partial charge in [-0.15, -0.1) is 0 Å². The minimum atomic E-state index is -0.112. The second-order valence-electron chi connectivity index (χ2n) is 3.73. The first kappa shape index (κ1) is 13.7. The third-order valence-corrected chi connectivity index (χ3v) is 2.20. The van der Waals surface area contributed by atoms with E-state index >= 15 is 0 Å². The van der Waals surface area contributed by atoms with E-state index in [1.165, 1.54) is 0 Å². The van der Waals surface area contributed by atoms with Crippen molar-refractivity contribution < 1.29 is 14.6 Å². The molecule has 0 bridgehead atoms. The van der Waals surface area contributed by atoms with Crippen LogP contribution in [0.2, 0.25) is 0 Å². The molecule has 0 aliphatic carbocycles. The van der Waals surface area contributed by atoms with Crippen LogP contribution in [0.4, 0.5) is 0 Å². The van der Waals surface area contributed by atoms with Crippen LogP contribution in [0, 0.1) is 11.8 Å². The average molecular weight is 234 g/mol. The van der Waals surface area contributed by atoms with E-state index in [1.54, 1.807) is 7.11 Å². The Labute approximate surface area is 102 Å². The van der Waals surface area contributed by atoms with Gasteiger partial charge < -0.3 is 14.6 Å². The van der Waals surface area contributed by atoms with Crippen molar-refractivity contribution in [2.24, 2.45) is 0 Å². The monoisotopic (exact) mass is 234 g/mol. The van der Waals surface area contributed by atoms with Gasteiger partial charge in [0.2, 0.25) is 0 Å². The highest BCUT2D eigenvalue weighted by atomic mass is 16.5. The zero-order chi connectivity index (χ0) is 12.5. The molecule has 0 saturated carbocycles. The van der Waals surface area contributed by atoms with E-state index < -0.39 is 0 Å². The topological polar surface area (TPSA) is 38.7 Å². The number of aliphatic hydroxyl groups is 1. The highest BCUT2D eigenvalue weighted by Crippen LogP contribution is 2.06. The fourth-order valence-electron chi connectivity index (χ4n) is 1.35. The van der Waals surface area contributed by atoms with Crippen molar-refractivity contribution in [1.82, 2.24) is 0 Å². The fourth-order valence-corrected chi connectivity index (χ4v) is 1.35. The Morgan fingerprint density at radius 3 is 2.59 bits per heavy atom. The van der Waals surface area contributed by atoms with Crippen LogP contribution in [-0.2, 0) is 16.1 Å². The Hall–Kier alpha value is -1.34. The molecule has 1 N–H and O–H groups in total. The molecule has 0 radical (unpaired) electrons. The zero-order valence-electron chi connectivity index (χ0n) is 10.3. The van der Waals surface area contributed by atoms with Gasteiger partial charge in [0.05, 0.1) is 19.3 Å². The van der Waals surface area contributed by atoms with Gasteiger partial charge >= 0.3 is 0 Å². The first-order valence-electron chi connectivity index (χ1n) is 5.55. The molecule has 0 aliphatic heterocycles. The fraction of sp³-hybridized carbons (Fsp3) is 0.429. The molecule has 0 saturated heterocycles. The lowest BCUT2D eigenvalue weighted by Crippen LogP contribution is -2.14. The summed E-state index contributed by atoms with van der Waals surface area (Å²) in [6.45, 7) is 3.03. The summed E-state index contributed by atoms with van der Waals surface area (Å²) in [6, 6.07) is 7.78. The van der Waals surface area contributed by atoms with Crippen molar-refractivity contribution >= 4 is 0 Å². The summed E-state index contributed by atoms with van der Waals surface area (Å²) in [5.41, 5.74) is 2.00. The molecule has 92 valence electrons. The lowest BCUT2D eigenvalue weighted by molar-refractivity contribution is -0.000125. The molecule has 0 fully saturated rings. The van der Waals surface area contributed by atoms with Gasteiger partial charge in [0, 0.05) is 12.7 Å². The zero-order valence-corrected chi connectivity index (χ0v) is 10.3. The standard InChI is InChI=1S/C14H18O3/c1-12(10-16-2)17-11-14-7-5-13(6-8-14)4-3-9-15/h5-8,12,15H,9-11H2,1-2H3. The summed E-state index contributed by atoms with van der Waals surface area (Å²) in [6.07, 6.45) is 0.0915. The van der Waals surface area contributed by atoms with Crippen LogP contribution in [0.3, 0.4) is 0 Å². The van der Waals surface area contributed by atoms with E-state index in [9.17, 15) is 0 Å². The van der Waals surface area contributed by atoms with E-state index in [0.717, 1.165) is 11.1 Å². The summed E-state index contributed by atoms with van der Waals surface area (Å²) < 4.78 is 10.6. The van der Waals surface area contributed by atoms with Crippen LogP contribution in [0.25, 0.3) is 0 Å². The van der Waals surface area contributed by atoms with Crippen molar-refractivity contribution in [3.05, 3.63) is 35.4 Å². The largest absolute Gasteiger partial charge is 0.384 e. The van der Waals surface area contributed by atoms with Crippen LogP contribution in [0.15, 0.2) is 24.3 Å². The summed E-state index contributed by atoms with van der Waals surface area (Å²) in [5, 5.41) is 8.57. The molecular formula is C14H18O3. The Balaban J connectivity index is 2.45. The molecule has 0 aromatic heterocycles. The van der Waals surface area contributed by atoms with Crippen LogP contribution >= 0.6 is 0 Å². The van der Waals surface area contributed by atoms with Gasteiger partial charge in [0.25, 0.3) is 0 Å². The van der Waals surface area contributed by atoms with Crippen LogP contribution in [0.1, 0.15) is 18.1 Å². The van der Waals surface area contributed by atoms with Gasteiger partial charge in [0.15, 0.2) is 0 Å². The number of methoxy groups -OCH3 is 1. The summed E-state index contributed by atoms with van der Waals surface area (Å²) in [5.74, 6) is 5.45. The number of hydrogen-bond donors (Lipinski definition) is 1. The number of aliphatic hydroxyl groups excluding tert-OH is 1. The first-order valence-corrected chi connectivity index (χ1v) is 5.55. The Morgan fingerprint density at radius 1 is 1.29 bits per heavy atom. The molecule has 3 heteroatoms. The Morgan fingerprint density at radius 2 is 2.00 bits per heavy atom. The van der Waals surface area contributed by atoms with Crippen molar-refractivity contribution in [3.63, 3.8) is 0 Å². The summed E-state index contributed by atoms with van der Waals surface area (Å²) in [4.78, 5) is 0. The molecule has 0 aliphatic rings. The Kier molecular flexibility index (Phi) is 6.34. The van der Waals surface area contributed by atoms with E-state index in [4.69, 9.17) is 14.6 Å². The molecule has 0 heterocycles. The third kappa shape index (κ3) is 5.50. The second kappa shape index (κ2) is 7.86. The maximum atomic E-state index is 8.57. The van der Waals surface area contributed by atoms with Crippen LogP contribution in [0.5, 0.6) is 0 Å². The van der Waals surface area contributed by atoms with Crippen molar-refractivity contribution in [1.29, 1.82) is 0 Å². The molecule has 3 nitrogen and oxygen atoms in total. The van der Waals surface area contributed by atoms with E-state index in [-0.39, 0.29) is 12.7 Å². The lowest BCUT2D eigenvalue weighted by atomic mass is 10.1. The molecule has 0 amide bonds. The quantitative estimate of drug-likeness (QED) is 0.786. The molecule has 1 atom stereocenters. The predicted octanol–water partition coefficient (Wildman–Crippen LogP) is 1.58. The number of ether oxygens (including phenoxy) is 2. The SMILES string of the molecule is COCC(C)OCc1ccc(C#CCO)cc1. The molecule has 1 rings (SSSR count). The molecule has 1 unspecified atom stereocenters. The maximum absolute atomic E-state index is 8.57. The minimum absolute atomic E-state index is 0.0915. The molecule has 0 spiro atoms. The smallest absolute Gasteiger partial charge is 0.104 e. The van der Waals surface area contributed by atoms with Gasteiger partial charge in [-0.05, 0) is 24.6 Å². The summed E-state index contributed by atoms with van der Waals surface area (Å²) in [7, 11) is 1.66. The van der Waals surface area contributed by atoms with E-state index in [1.807, 2.05) is 31.2 Å². The molecular weight excluding hydrogens is 216 g/mol. The van der Waals surface area contributed by atoms with Crippen molar-refractivity contribution in [2.45, 2.75) is 19.6 Å². The predicted molar refractivity (Wildman–Crippen MR) is 66.5 cm³/mol. The van der Waals surface area contributed by atoms with E-state index in [2.05, 4.69) is 11.8 Å². The Bertz CT molecular complexity index is 373.